The van der Waals surface area contributed by atoms with Gasteiger partial charge in [0.15, 0.2) is 5.43 Å². The molecule has 0 spiro atoms. The van der Waals surface area contributed by atoms with Crippen molar-refractivity contribution in [2.24, 2.45) is 0 Å². The Morgan fingerprint density at radius 2 is 2.00 bits per heavy atom. The van der Waals surface area contributed by atoms with Crippen molar-refractivity contribution in [3.05, 3.63) is 64.6 Å². The molecule has 0 aliphatic carbocycles. The van der Waals surface area contributed by atoms with Crippen LogP contribution in [0.5, 0.6) is 0 Å². The number of carbonyl (C=O) groups is 1. The maximum atomic E-state index is 11.8. The highest BCUT2D eigenvalue weighted by Gasteiger charge is 2.03. The van der Waals surface area contributed by atoms with Crippen LogP contribution in [0.4, 0.5) is 5.69 Å². The molecule has 0 aliphatic heterocycles. The third kappa shape index (κ3) is 3.82. The summed E-state index contributed by atoms with van der Waals surface area (Å²) in [5, 5.41) is 11.5. The Morgan fingerprint density at radius 1 is 1.25 bits per heavy atom. The van der Waals surface area contributed by atoms with Crippen LogP contribution in [0.2, 0.25) is 0 Å². The summed E-state index contributed by atoms with van der Waals surface area (Å²) in [5.41, 5.74) is 1.05. The van der Waals surface area contributed by atoms with Crippen molar-refractivity contribution in [1.29, 1.82) is 5.26 Å². The lowest BCUT2D eigenvalue weighted by Crippen LogP contribution is -2.15. The van der Waals surface area contributed by atoms with Gasteiger partial charge in [-0.3, -0.25) is 9.59 Å². The molecule has 0 radical (unpaired) electrons. The Morgan fingerprint density at radius 3 is 2.70 bits per heavy atom. The van der Waals surface area contributed by atoms with Gasteiger partial charge >= 0.3 is 0 Å². The fraction of sp³-hybridized carbons (Fsp3) is 0.133. The van der Waals surface area contributed by atoms with E-state index in [2.05, 4.69) is 5.32 Å². The van der Waals surface area contributed by atoms with Gasteiger partial charge in [0.25, 0.3) is 0 Å². The van der Waals surface area contributed by atoms with Gasteiger partial charge in [-0.15, -0.1) is 0 Å². The Labute approximate surface area is 116 Å². The first-order chi connectivity index (χ1) is 9.67. The summed E-state index contributed by atoms with van der Waals surface area (Å²) < 4.78 is 1.77. The number of nitriles is 1. The van der Waals surface area contributed by atoms with E-state index < -0.39 is 0 Å². The van der Waals surface area contributed by atoms with Crippen molar-refractivity contribution in [1.82, 2.24) is 4.57 Å². The molecule has 5 nitrogen and oxygen atoms in total. The summed E-state index contributed by atoms with van der Waals surface area (Å²) in [6, 6.07) is 11.7. The lowest BCUT2D eigenvalue weighted by molar-refractivity contribution is -0.116. The molecule has 1 N–H and O–H groups in total. The van der Waals surface area contributed by atoms with Crippen LogP contribution in [0.25, 0.3) is 0 Å². The topological polar surface area (TPSA) is 74.9 Å². The molecule has 5 heteroatoms. The third-order valence-corrected chi connectivity index (χ3v) is 2.73. The Kier molecular flexibility index (Phi) is 4.30. The number of rotatable bonds is 4. The van der Waals surface area contributed by atoms with Crippen LogP contribution in [0, 0.1) is 11.3 Å². The molecule has 0 bridgehead atoms. The quantitative estimate of drug-likeness (QED) is 0.917. The molecule has 0 aliphatic rings. The maximum absolute atomic E-state index is 11.8. The van der Waals surface area contributed by atoms with Crippen LogP contribution in [-0.4, -0.2) is 10.5 Å². The minimum absolute atomic E-state index is 0.0565. The number of hydrogen-bond acceptors (Lipinski definition) is 3. The lowest BCUT2D eigenvalue weighted by atomic mass is 10.2. The average Bonchev–Trinajstić information content (AvgIpc) is 2.47. The molecule has 1 aromatic carbocycles. The molecule has 1 heterocycles. The zero-order valence-electron chi connectivity index (χ0n) is 10.7. The third-order valence-electron chi connectivity index (χ3n) is 2.73. The van der Waals surface area contributed by atoms with Crippen molar-refractivity contribution < 1.29 is 4.79 Å². The van der Waals surface area contributed by atoms with Crippen molar-refractivity contribution in [2.75, 3.05) is 5.32 Å². The predicted molar refractivity (Wildman–Crippen MR) is 75.1 cm³/mol. The molecule has 1 amide bonds. The van der Waals surface area contributed by atoms with Gasteiger partial charge in [0.05, 0.1) is 11.6 Å². The number of nitrogens with zero attached hydrogens (tertiary/aromatic N) is 2. The number of aromatic nitrogens is 1. The molecule has 2 rings (SSSR count). The molecule has 0 unspecified atom stereocenters. The van der Waals surface area contributed by atoms with Crippen LogP contribution < -0.4 is 10.7 Å². The fourth-order valence-corrected chi connectivity index (χ4v) is 1.71. The number of amides is 1. The summed E-state index contributed by atoms with van der Waals surface area (Å²) in [7, 11) is 0. The minimum Gasteiger partial charge on any atom is -0.353 e. The van der Waals surface area contributed by atoms with Gasteiger partial charge < -0.3 is 9.88 Å². The van der Waals surface area contributed by atoms with E-state index in [9.17, 15) is 9.59 Å². The molecule has 0 atom stereocenters. The van der Waals surface area contributed by atoms with Gasteiger partial charge in [-0.05, 0) is 18.2 Å². The minimum atomic E-state index is -0.140. The number of nitrogens with one attached hydrogen (secondary N) is 1. The Balaban J connectivity index is 1.91. The predicted octanol–water partition coefficient (Wildman–Crippen LogP) is 1.75. The molecule has 1 aromatic heterocycles. The largest absolute Gasteiger partial charge is 0.353 e. The van der Waals surface area contributed by atoms with Gasteiger partial charge in [0.1, 0.15) is 0 Å². The monoisotopic (exact) mass is 267 g/mol. The number of aryl methyl sites for hydroxylation is 1. The van der Waals surface area contributed by atoms with Gasteiger partial charge in [0.2, 0.25) is 5.91 Å². The molecular formula is C15H13N3O2. The highest BCUT2D eigenvalue weighted by Crippen LogP contribution is 2.10. The molecule has 100 valence electrons. The van der Waals surface area contributed by atoms with Crippen molar-refractivity contribution >= 4 is 11.6 Å². The zero-order valence-corrected chi connectivity index (χ0v) is 10.7. The lowest BCUT2D eigenvalue weighted by Gasteiger charge is -2.07. The SMILES string of the molecule is N#Cc1cccc(NC(=O)CCn2ccc(=O)cc2)c1. The fourth-order valence-electron chi connectivity index (χ4n) is 1.71. The first-order valence-corrected chi connectivity index (χ1v) is 6.13. The van der Waals surface area contributed by atoms with E-state index in [1.54, 1.807) is 41.2 Å². The van der Waals surface area contributed by atoms with Gasteiger partial charge in [-0.1, -0.05) is 6.07 Å². The van der Waals surface area contributed by atoms with Crippen LogP contribution in [0.1, 0.15) is 12.0 Å². The molecule has 0 saturated carbocycles. The Hall–Kier alpha value is -2.87. The molecule has 20 heavy (non-hydrogen) atoms. The smallest absolute Gasteiger partial charge is 0.226 e. The number of carbonyl (C=O) groups excluding carboxylic acids is 1. The molecule has 2 aromatic rings. The second-order valence-corrected chi connectivity index (χ2v) is 4.26. The second-order valence-electron chi connectivity index (χ2n) is 4.26. The number of benzene rings is 1. The summed E-state index contributed by atoms with van der Waals surface area (Å²) in [6.45, 7) is 0.490. The summed E-state index contributed by atoms with van der Waals surface area (Å²) in [6.07, 6.45) is 3.58. The average molecular weight is 267 g/mol. The highest BCUT2D eigenvalue weighted by molar-refractivity contribution is 5.90. The van der Waals surface area contributed by atoms with E-state index >= 15 is 0 Å². The Bertz CT molecular complexity index is 693. The molecule has 0 saturated heterocycles. The molecular weight excluding hydrogens is 254 g/mol. The standard InChI is InChI=1S/C15H13N3O2/c16-11-12-2-1-3-13(10-12)17-15(20)6-9-18-7-4-14(19)5-8-18/h1-5,7-8,10H,6,9H2,(H,17,20). The summed E-state index contributed by atoms with van der Waals surface area (Å²) >= 11 is 0. The van der Waals surface area contributed by atoms with E-state index in [1.807, 2.05) is 6.07 Å². The first-order valence-electron chi connectivity index (χ1n) is 6.13. The summed E-state index contributed by atoms with van der Waals surface area (Å²) in [4.78, 5) is 22.7. The van der Waals surface area contributed by atoms with E-state index in [1.165, 1.54) is 12.1 Å². The summed E-state index contributed by atoms with van der Waals surface area (Å²) in [5.74, 6) is -0.140. The van der Waals surface area contributed by atoms with Crippen molar-refractivity contribution in [3.8, 4) is 6.07 Å². The number of pyridine rings is 1. The van der Waals surface area contributed by atoms with Crippen molar-refractivity contribution in [2.45, 2.75) is 13.0 Å². The second kappa shape index (κ2) is 6.34. The van der Waals surface area contributed by atoms with E-state index in [-0.39, 0.29) is 11.3 Å². The van der Waals surface area contributed by atoms with E-state index in [0.29, 0.717) is 24.2 Å². The zero-order chi connectivity index (χ0) is 14.4. The van der Waals surface area contributed by atoms with Crippen LogP contribution in [-0.2, 0) is 11.3 Å². The van der Waals surface area contributed by atoms with Crippen LogP contribution in [0.3, 0.4) is 0 Å². The number of hydrogen-bond donors (Lipinski definition) is 1. The van der Waals surface area contributed by atoms with Gasteiger partial charge in [-0.2, -0.15) is 5.26 Å². The van der Waals surface area contributed by atoms with Crippen LogP contribution >= 0.6 is 0 Å². The highest BCUT2D eigenvalue weighted by atomic mass is 16.1. The van der Waals surface area contributed by atoms with Gasteiger partial charge in [0, 0.05) is 43.2 Å². The first kappa shape index (κ1) is 13.6. The molecule has 0 fully saturated rings. The number of anilines is 1. The van der Waals surface area contributed by atoms with E-state index in [0.717, 1.165) is 0 Å². The maximum Gasteiger partial charge on any atom is 0.226 e. The van der Waals surface area contributed by atoms with Crippen molar-refractivity contribution in [3.63, 3.8) is 0 Å². The van der Waals surface area contributed by atoms with Gasteiger partial charge in [-0.25, -0.2) is 0 Å². The normalized spacial score (nSPS) is 9.75. The van der Waals surface area contributed by atoms with E-state index in [4.69, 9.17) is 5.26 Å². The van der Waals surface area contributed by atoms with Crippen LogP contribution in [0.15, 0.2) is 53.6 Å².